The number of rotatable bonds is 5. The molecule has 2 nitrogen and oxygen atoms in total. The average molecular weight is 281 g/mol. The van der Waals surface area contributed by atoms with E-state index in [1.54, 1.807) is 0 Å². The lowest BCUT2D eigenvalue weighted by Crippen LogP contribution is -2.38. The Labute approximate surface area is 122 Å². The summed E-state index contributed by atoms with van der Waals surface area (Å²) in [6, 6.07) is 8.48. The van der Waals surface area contributed by atoms with Gasteiger partial charge in [-0.05, 0) is 56.5 Å². The molecule has 0 amide bonds. The Hall–Kier alpha value is -0.570. The molecule has 1 aromatic rings. The minimum Gasteiger partial charge on any atom is -0.309 e. The largest absolute Gasteiger partial charge is 0.309 e. The highest BCUT2D eigenvalue weighted by molar-refractivity contribution is 6.30. The molecular formula is C16H25ClN2. The van der Waals surface area contributed by atoms with Crippen molar-refractivity contribution in [1.82, 2.24) is 10.2 Å². The normalized spacial score (nSPS) is 19.5. The van der Waals surface area contributed by atoms with Gasteiger partial charge >= 0.3 is 0 Å². The van der Waals surface area contributed by atoms with Gasteiger partial charge in [-0.15, -0.1) is 0 Å². The SMILES string of the molecule is CC1CCN(CCNC(C)c2cccc(Cl)c2)CC1. The minimum atomic E-state index is 0.363. The molecule has 0 saturated carbocycles. The number of halogens is 1. The highest BCUT2D eigenvalue weighted by atomic mass is 35.5. The third-order valence-corrected chi connectivity index (χ3v) is 4.34. The Morgan fingerprint density at radius 2 is 2.11 bits per heavy atom. The molecule has 1 atom stereocenters. The fourth-order valence-corrected chi connectivity index (χ4v) is 2.82. The van der Waals surface area contributed by atoms with Gasteiger partial charge in [0.2, 0.25) is 0 Å². The Morgan fingerprint density at radius 1 is 1.37 bits per heavy atom. The van der Waals surface area contributed by atoms with Gasteiger partial charge in [0.15, 0.2) is 0 Å². The lowest BCUT2D eigenvalue weighted by molar-refractivity contribution is 0.191. The summed E-state index contributed by atoms with van der Waals surface area (Å²) in [5, 5.41) is 4.40. The summed E-state index contributed by atoms with van der Waals surface area (Å²) < 4.78 is 0. The first-order valence-electron chi connectivity index (χ1n) is 7.36. The van der Waals surface area contributed by atoms with Gasteiger partial charge in [-0.1, -0.05) is 30.7 Å². The third-order valence-electron chi connectivity index (χ3n) is 4.10. The van der Waals surface area contributed by atoms with Crippen LogP contribution in [0.5, 0.6) is 0 Å². The molecule has 0 aliphatic carbocycles. The second-order valence-corrected chi connectivity index (χ2v) is 6.19. The van der Waals surface area contributed by atoms with Crippen molar-refractivity contribution in [3.8, 4) is 0 Å². The van der Waals surface area contributed by atoms with Crippen LogP contribution in [0.3, 0.4) is 0 Å². The number of hydrogen-bond donors (Lipinski definition) is 1. The van der Waals surface area contributed by atoms with E-state index in [1.165, 1.54) is 31.5 Å². The van der Waals surface area contributed by atoms with E-state index in [2.05, 4.69) is 30.1 Å². The van der Waals surface area contributed by atoms with Crippen molar-refractivity contribution in [2.24, 2.45) is 5.92 Å². The topological polar surface area (TPSA) is 15.3 Å². The zero-order valence-electron chi connectivity index (χ0n) is 12.0. The van der Waals surface area contributed by atoms with E-state index in [0.717, 1.165) is 24.0 Å². The molecule has 1 saturated heterocycles. The highest BCUT2D eigenvalue weighted by Gasteiger charge is 2.15. The first-order valence-corrected chi connectivity index (χ1v) is 7.74. The molecule has 2 rings (SSSR count). The molecular weight excluding hydrogens is 256 g/mol. The fourth-order valence-electron chi connectivity index (χ4n) is 2.62. The quantitative estimate of drug-likeness (QED) is 0.884. The summed E-state index contributed by atoms with van der Waals surface area (Å²) in [4.78, 5) is 2.57. The molecule has 1 unspecified atom stereocenters. The van der Waals surface area contributed by atoms with Crippen LogP contribution < -0.4 is 5.32 Å². The van der Waals surface area contributed by atoms with E-state index >= 15 is 0 Å². The number of benzene rings is 1. The van der Waals surface area contributed by atoms with Crippen LogP contribution in [0.15, 0.2) is 24.3 Å². The average Bonchev–Trinajstić information content (AvgIpc) is 2.41. The van der Waals surface area contributed by atoms with Crippen molar-refractivity contribution in [3.63, 3.8) is 0 Å². The molecule has 1 fully saturated rings. The third kappa shape index (κ3) is 4.79. The monoisotopic (exact) mass is 280 g/mol. The maximum absolute atomic E-state index is 6.02. The zero-order chi connectivity index (χ0) is 13.7. The van der Waals surface area contributed by atoms with Gasteiger partial charge < -0.3 is 10.2 Å². The standard InChI is InChI=1S/C16H25ClN2/c1-13-6-9-19(10-7-13)11-8-18-14(2)15-4-3-5-16(17)12-15/h3-5,12-14,18H,6-11H2,1-2H3. The van der Waals surface area contributed by atoms with Crippen molar-refractivity contribution in [3.05, 3.63) is 34.9 Å². The van der Waals surface area contributed by atoms with Crippen LogP contribution in [0.1, 0.15) is 38.3 Å². The van der Waals surface area contributed by atoms with Gasteiger partial charge in [0.25, 0.3) is 0 Å². The van der Waals surface area contributed by atoms with E-state index in [9.17, 15) is 0 Å². The summed E-state index contributed by atoms with van der Waals surface area (Å²) in [7, 11) is 0. The number of likely N-dealkylation sites (tertiary alicyclic amines) is 1. The predicted octanol–water partition coefficient (Wildman–Crippen LogP) is 3.72. The molecule has 1 heterocycles. The molecule has 0 spiro atoms. The molecule has 1 aromatic carbocycles. The van der Waals surface area contributed by atoms with Gasteiger partial charge in [0.1, 0.15) is 0 Å². The summed E-state index contributed by atoms with van der Waals surface area (Å²) in [6.07, 6.45) is 2.70. The van der Waals surface area contributed by atoms with E-state index in [-0.39, 0.29) is 0 Å². The minimum absolute atomic E-state index is 0.363. The Kier molecular flexibility index (Phi) is 5.68. The molecule has 19 heavy (non-hydrogen) atoms. The molecule has 1 N–H and O–H groups in total. The Balaban J connectivity index is 1.70. The van der Waals surface area contributed by atoms with Gasteiger partial charge in [-0.25, -0.2) is 0 Å². The van der Waals surface area contributed by atoms with Gasteiger partial charge in [0.05, 0.1) is 0 Å². The fraction of sp³-hybridized carbons (Fsp3) is 0.625. The molecule has 0 aromatic heterocycles. The van der Waals surface area contributed by atoms with Crippen molar-refractivity contribution < 1.29 is 0 Å². The van der Waals surface area contributed by atoms with Crippen LogP contribution in [0, 0.1) is 5.92 Å². The first kappa shape index (κ1) is 14.8. The summed E-state index contributed by atoms with van der Waals surface area (Å²) >= 11 is 6.02. The summed E-state index contributed by atoms with van der Waals surface area (Å²) in [5.41, 5.74) is 1.26. The van der Waals surface area contributed by atoms with Crippen molar-refractivity contribution in [2.45, 2.75) is 32.7 Å². The van der Waals surface area contributed by atoms with Crippen LogP contribution in [0.2, 0.25) is 5.02 Å². The van der Waals surface area contributed by atoms with Crippen LogP contribution >= 0.6 is 11.6 Å². The lowest BCUT2D eigenvalue weighted by atomic mass is 9.99. The first-order chi connectivity index (χ1) is 9.15. The van der Waals surface area contributed by atoms with Gasteiger partial charge in [0, 0.05) is 24.2 Å². The maximum atomic E-state index is 6.02. The van der Waals surface area contributed by atoms with E-state index in [1.807, 2.05) is 18.2 Å². The van der Waals surface area contributed by atoms with E-state index in [0.29, 0.717) is 6.04 Å². The second kappa shape index (κ2) is 7.28. The van der Waals surface area contributed by atoms with Crippen molar-refractivity contribution in [2.75, 3.05) is 26.2 Å². The van der Waals surface area contributed by atoms with Crippen LogP contribution in [0.4, 0.5) is 0 Å². The van der Waals surface area contributed by atoms with Crippen LogP contribution in [0.25, 0.3) is 0 Å². The molecule has 3 heteroatoms. The van der Waals surface area contributed by atoms with Crippen molar-refractivity contribution in [1.29, 1.82) is 0 Å². The second-order valence-electron chi connectivity index (χ2n) is 5.75. The van der Waals surface area contributed by atoms with Gasteiger partial charge in [-0.3, -0.25) is 0 Å². The number of nitrogens with zero attached hydrogens (tertiary/aromatic N) is 1. The Bertz CT molecular complexity index is 386. The zero-order valence-corrected chi connectivity index (χ0v) is 12.8. The molecule has 0 bridgehead atoms. The molecule has 1 aliphatic rings. The number of hydrogen-bond acceptors (Lipinski definition) is 2. The molecule has 0 radical (unpaired) electrons. The van der Waals surface area contributed by atoms with Crippen LogP contribution in [-0.2, 0) is 0 Å². The van der Waals surface area contributed by atoms with Gasteiger partial charge in [-0.2, -0.15) is 0 Å². The van der Waals surface area contributed by atoms with Crippen molar-refractivity contribution >= 4 is 11.6 Å². The highest BCUT2D eigenvalue weighted by Crippen LogP contribution is 2.18. The number of piperidine rings is 1. The Morgan fingerprint density at radius 3 is 2.79 bits per heavy atom. The number of nitrogens with one attached hydrogen (secondary N) is 1. The maximum Gasteiger partial charge on any atom is 0.0409 e. The van der Waals surface area contributed by atoms with Crippen LogP contribution in [-0.4, -0.2) is 31.1 Å². The van der Waals surface area contributed by atoms with E-state index in [4.69, 9.17) is 11.6 Å². The predicted molar refractivity (Wildman–Crippen MR) is 82.7 cm³/mol. The summed E-state index contributed by atoms with van der Waals surface area (Å²) in [5.74, 6) is 0.912. The smallest absolute Gasteiger partial charge is 0.0409 e. The molecule has 1 aliphatic heterocycles. The summed E-state index contributed by atoms with van der Waals surface area (Å²) in [6.45, 7) is 9.27. The lowest BCUT2D eigenvalue weighted by Gasteiger charge is -2.30. The molecule has 106 valence electrons. The van der Waals surface area contributed by atoms with E-state index < -0.39 is 0 Å².